The molecule has 2 atom stereocenters. The maximum absolute atomic E-state index is 12.8. The van der Waals surface area contributed by atoms with Crippen LogP contribution in [0.4, 0.5) is 5.95 Å². The standard InChI is InChI=1S/C18H20N4O2/c1-10-4-5-24-17(10)16(23)15-14-9-22(8-13(14)7-19-15)18-20-11(2)6-12(3)21-18/h4-6,9,13,15,19H,7-8H2,1-3H3. The second-order valence-electron chi connectivity index (χ2n) is 6.57. The molecule has 4 heterocycles. The van der Waals surface area contributed by atoms with Crippen LogP contribution in [0.25, 0.3) is 0 Å². The largest absolute Gasteiger partial charge is 0.461 e. The van der Waals surface area contributed by atoms with Gasteiger partial charge in [-0.15, -0.1) is 0 Å². The molecule has 0 radical (unpaired) electrons. The first-order valence-corrected chi connectivity index (χ1v) is 8.15. The summed E-state index contributed by atoms with van der Waals surface area (Å²) < 4.78 is 5.37. The monoisotopic (exact) mass is 324 g/mol. The zero-order valence-corrected chi connectivity index (χ0v) is 14.0. The van der Waals surface area contributed by atoms with E-state index in [9.17, 15) is 4.79 Å². The molecule has 6 nitrogen and oxygen atoms in total. The third-order valence-corrected chi connectivity index (χ3v) is 4.67. The van der Waals surface area contributed by atoms with Gasteiger partial charge in [0.25, 0.3) is 0 Å². The predicted octanol–water partition coefficient (Wildman–Crippen LogP) is 2.17. The van der Waals surface area contributed by atoms with Crippen LogP contribution < -0.4 is 10.2 Å². The van der Waals surface area contributed by atoms with Crippen LogP contribution in [0.15, 0.2) is 34.6 Å². The normalized spacial score (nSPS) is 22.6. The Hall–Kier alpha value is -2.47. The number of Topliss-reactive ketones (excluding diaryl/α,β-unsaturated/α-hetero) is 1. The van der Waals surface area contributed by atoms with Crippen molar-refractivity contribution in [3.8, 4) is 0 Å². The minimum atomic E-state index is -0.323. The Morgan fingerprint density at radius 1 is 1.29 bits per heavy atom. The highest BCUT2D eigenvalue weighted by molar-refractivity contribution is 6.01. The average Bonchev–Trinajstić information content (AvgIpc) is 3.20. The van der Waals surface area contributed by atoms with E-state index in [-0.39, 0.29) is 11.8 Å². The topological polar surface area (TPSA) is 71.3 Å². The van der Waals surface area contributed by atoms with Gasteiger partial charge in [0.1, 0.15) is 0 Å². The van der Waals surface area contributed by atoms with Crippen LogP contribution in [0.3, 0.4) is 0 Å². The van der Waals surface area contributed by atoms with Gasteiger partial charge in [-0.25, -0.2) is 9.97 Å². The van der Waals surface area contributed by atoms with Gasteiger partial charge in [0.15, 0.2) is 5.76 Å². The number of furan rings is 1. The molecule has 1 N–H and O–H groups in total. The maximum Gasteiger partial charge on any atom is 0.229 e. The van der Waals surface area contributed by atoms with Crippen LogP contribution in [0.2, 0.25) is 0 Å². The second kappa shape index (κ2) is 5.56. The molecule has 124 valence electrons. The molecule has 0 aromatic carbocycles. The molecule has 0 amide bonds. The number of hydrogen-bond donors (Lipinski definition) is 1. The van der Waals surface area contributed by atoms with Crippen molar-refractivity contribution < 1.29 is 9.21 Å². The molecule has 0 bridgehead atoms. The molecular weight excluding hydrogens is 304 g/mol. The third kappa shape index (κ3) is 2.43. The van der Waals surface area contributed by atoms with Crippen molar-refractivity contribution in [3.63, 3.8) is 0 Å². The van der Waals surface area contributed by atoms with Crippen molar-refractivity contribution in [1.82, 2.24) is 15.3 Å². The van der Waals surface area contributed by atoms with Gasteiger partial charge < -0.3 is 14.6 Å². The Morgan fingerprint density at radius 3 is 2.71 bits per heavy atom. The molecule has 24 heavy (non-hydrogen) atoms. The van der Waals surface area contributed by atoms with E-state index in [2.05, 4.69) is 20.2 Å². The molecule has 0 saturated carbocycles. The molecule has 2 aliphatic rings. The number of nitrogens with zero attached hydrogens (tertiary/aromatic N) is 3. The number of nitrogens with one attached hydrogen (secondary N) is 1. The molecule has 2 aromatic heterocycles. The lowest BCUT2D eigenvalue weighted by Gasteiger charge is -2.16. The minimum absolute atomic E-state index is 0.00515. The summed E-state index contributed by atoms with van der Waals surface area (Å²) in [6.07, 6.45) is 3.59. The maximum atomic E-state index is 12.8. The van der Waals surface area contributed by atoms with Crippen molar-refractivity contribution in [1.29, 1.82) is 0 Å². The van der Waals surface area contributed by atoms with Crippen LogP contribution in [0.5, 0.6) is 0 Å². The van der Waals surface area contributed by atoms with E-state index in [4.69, 9.17) is 4.42 Å². The lowest BCUT2D eigenvalue weighted by molar-refractivity contribution is 0.0938. The highest BCUT2D eigenvalue weighted by atomic mass is 16.3. The van der Waals surface area contributed by atoms with Gasteiger partial charge in [-0.3, -0.25) is 4.79 Å². The molecule has 4 rings (SSSR count). The fourth-order valence-electron chi connectivity index (χ4n) is 3.53. The van der Waals surface area contributed by atoms with Gasteiger partial charge in [0.05, 0.1) is 12.3 Å². The number of rotatable bonds is 3. The third-order valence-electron chi connectivity index (χ3n) is 4.67. The number of aryl methyl sites for hydroxylation is 3. The van der Waals surface area contributed by atoms with Crippen molar-refractivity contribution in [3.05, 3.63) is 52.9 Å². The Bertz CT molecular complexity index is 819. The molecule has 2 aromatic rings. The first-order valence-electron chi connectivity index (χ1n) is 8.15. The molecular formula is C18H20N4O2. The molecule has 6 heteroatoms. The molecule has 2 unspecified atom stereocenters. The quantitative estimate of drug-likeness (QED) is 0.873. The smallest absolute Gasteiger partial charge is 0.229 e. The number of carbonyl (C=O) groups excluding carboxylic acids is 1. The SMILES string of the molecule is Cc1cc(C)nc(N2C=C3C(CNC3C(=O)c3occc3C)C2)n1. The Kier molecular flexibility index (Phi) is 3.49. The summed E-state index contributed by atoms with van der Waals surface area (Å²) in [6.45, 7) is 7.41. The summed E-state index contributed by atoms with van der Waals surface area (Å²) in [5.74, 6) is 1.44. The Morgan fingerprint density at radius 2 is 2.04 bits per heavy atom. The van der Waals surface area contributed by atoms with Gasteiger partial charge in [0.2, 0.25) is 11.7 Å². The van der Waals surface area contributed by atoms with Crippen LogP contribution in [0, 0.1) is 26.7 Å². The summed E-state index contributed by atoms with van der Waals surface area (Å²) in [5, 5.41) is 3.32. The number of fused-ring (bicyclic) bond motifs is 1. The summed E-state index contributed by atoms with van der Waals surface area (Å²) in [6, 6.07) is 3.45. The molecule has 0 aliphatic carbocycles. The number of aromatic nitrogens is 2. The van der Waals surface area contributed by atoms with Crippen molar-refractivity contribution >= 4 is 11.7 Å². The molecule has 1 fully saturated rings. The fraction of sp³-hybridized carbons (Fsp3) is 0.389. The van der Waals surface area contributed by atoms with Gasteiger partial charge in [-0.2, -0.15) is 0 Å². The van der Waals surface area contributed by atoms with Crippen LogP contribution in [0.1, 0.15) is 27.5 Å². The van der Waals surface area contributed by atoms with Gasteiger partial charge in [-0.1, -0.05) is 0 Å². The summed E-state index contributed by atoms with van der Waals surface area (Å²) in [4.78, 5) is 23.9. The van der Waals surface area contributed by atoms with E-state index in [1.54, 1.807) is 6.26 Å². The highest BCUT2D eigenvalue weighted by Gasteiger charge is 2.41. The Labute approximate surface area is 140 Å². The van der Waals surface area contributed by atoms with E-state index >= 15 is 0 Å². The predicted molar refractivity (Wildman–Crippen MR) is 90.0 cm³/mol. The van der Waals surface area contributed by atoms with Crippen molar-refractivity contribution in [2.45, 2.75) is 26.8 Å². The van der Waals surface area contributed by atoms with Crippen molar-refractivity contribution in [2.24, 2.45) is 5.92 Å². The van der Waals surface area contributed by atoms with Crippen LogP contribution in [-0.4, -0.2) is 34.9 Å². The highest BCUT2D eigenvalue weighted by Crippen LogP contribution is 2.33. The molecule has 1 saturated heterocycles. The summed E-state index contributed by atoms with van der Waals surface area (Å²) >= 11 is 0. The molecule has 2 aliphatic heterocycles. The van der Waals surface area contributed by atoms with Crippen molar-refractivity contribution in [2.75, 3.05) is 18.0 Å². The van der Waals surface area contributed by atoms with E-state index in [1.165, 1.54) is 0 Å². The zero-order chi connectivity index (χ0) is 16.8. The minimum Gasteiger partial charge on any atom is -0.461 e. The number of ketones is 1. The number of anilines is 1. The van der Waals surface area contributed by atoms with Gasteiger partial charge >= 0.3 is 0 Å². The molecule has 0 spiro atoms. The van der Waals surface area contributed by atoms with Crippen LogP contribution >= 0.6 is 0 Å². The lowest BCUT2D eigenvalue weighted by Crippen LogP contribution is -2.33. The lowest BCUT2D eigenvalue weighted by atomic mass is 9.97. The van der Waals surface area contributed by atoms with E-state index in [0.717, 1.165) is 35.6 Å². The first-order chi connectivity index (χ1) is 11.5. The average molecular weight is 324 g/mol. The zero-order valence-electron chi connectivity index (χ0n) is 14.0. The van der Waals surface area contributed by atoms with E-state index < -0.39 is 0 Å². The second-order valence-corrected chi connectivity index (χ2v) is 6.57. The summed E-state index contributed by atoms with van der Waals surface area (Å²) in [5.41, 5.74) is 3.87. The van der Waals surface area contributed by atoms with Crippen LogP contribution in [-0.2, 0) is 0 Å². The first kappa shape index (κ1) is 15.1. The number of carbonyl (C=O) groups is 1. The van der Waals surface area contributed by atoms with Gasteiger partial charge in [0, 0.05) is 36.6 Å². The summed E-state index contributed by atoms with van der Waals surface area (Å²) in [7, 11) is 0. The fourth-order valence-corrected chi connectivity index (χ4v) is 3.53. The van der Waals surface area contributed by atoms with E-state index in [0.29, 0.717) is 17.6 Å². The Balaban J connectivity index is 1.63. The van der Waals surface area contributed by atoms with E-state index in [1.807, 2.05) is 39.1 Å². The van der Waals surface area contributed by atoms with Gasteiger partial charge in [-0.05, 0) is 44.0 Å². The number of hydrogen-bond acceptors (Lipinski definition) is 6.